The summed E-state index contributed by atoms with van der Waals surface area (Å²) in [4.78, 5) is 25.9. The highest BCUT2D eigenvalue weighted by Crippen LogP contribution is 2.60. The average molecular weight is 497 g/mol. The lowest BCUT2D eigenvalue weighted by atomic mass is 9.49. The van der Waals surface area contributed by atoms with E-state index >= 15 is 0 Å². The van der Waals surface area contributed by atoms with E-state index in [1.165, 1.54) is 24.8 Å². The summed E-state index contributed by atoms with van der Waals surface area (Å²) in [5.41, 5.74) is 3.90. The molecule has 0 saturated heterocycles. The Balaban J connectivity index is 1.05. The zero-order valence-electron chi connectivity index (χ0n) is 21.4. The summed E-state index contributed by atoms with van der Waals surface area (Å²) in [7, 11) is 0. The summed E-state index contributed by atoms with van der Waals surface area (Å²) < 4.78 is 1.94. The summed E-state index contributed by atoms with van der Waals surface area (Å²) in [5.74, 6) is 2.35. The predicted octanol–water partition coefficient (Wildman–Crippen LogP) is 4.94. The number of aromatic nitrogens is 2. The maximum absolute atomic E-state index is 13.2. The second-order valence-corrected chi connectivity index (χ2v) is 11.5. The molecule has 0 unspecified atom stereocenters. The molecule has 37 heavy (non-hydrogen) atoms. The molecule has 2 aromatic carbocycles. The second kappa shape index (κ2) is 10.2. The Morgan fingerprint density at radius 2 is 1.49 bits per heavy atom. The largest absolute Gasteiger partial charge is 0.355 e. The number of amides is 2. The van der Waals surface area contributed by atoms with Crippen molar-refractivity contribution < 1.29 is 9.59 Å². The molecular weight excluding hydrogens is 460 g/mol. The molecule has 192 valence electrons. The van der Waals surface area contributed by atoms with Crippen LogP contribution in [-0.4, -0.2) is 28.1 Å². The van der Waals surface area contributed by atoms with Crippen molar-refractivity contribution in [1.82, 2.24) is 20.4 Å². The average Bonchev–Trinajstić information content (AvgIpc) is 3.30. The third-order valence-corrected chi connectivity index (χ3v) is 8.71. The highest BCUT2D eigenvalue weighted by atomic mass is 16.2. The van der Waals surface area contributed by atoms with Crippen molar-refractivity contribution in [3.8, 4) is 11.3 Å². The topological polar surface area (TPSA) is 76.0 Å². The summed E-state index contributed by atoms with van der Waals surface area (Å²) in [6.07, 6.45) is 9.41. The van der Waals surface area contributed by atoms with Gasteiger partial charge in [0.1, 0.15) is 0 Å². The molecule has 4 bridgehead atoms. The van der Waals surface area contributed by atoms with E-state index in [9.17, 15) is 9.59 Å². The van der Waals surface area contributed by atoms with Gasteiger partial charge in [0.25, 0.3) is 0 Å². The molecule has 4 saturated carbocycles. The lowest BCUT2D eigenvalue weighted by molar-refractivity contribution is -0.146. The van der Waals surface area contributed by atoms with Gasteiger partial charge in [-0.1, -0.05) is 60.7 Å². The van der Waals surface area contributed by atoms with Gasteiger partial charge < -0.3 is 10.6 Å². The predicted molar refractivity (Wildman–Crippen MR) is 143 cm³/mol. The van der Waals surface area contributed by atoms with E-state index in [1.807, 2.05) is 59.4 Å². The van der Waals surface area contributed by atoms with Crippen LogP contribution in [0.3, 0.4) is 0 Å². The van der Waals surface area contributed by atoms with Crippen LogP contribution in [-0.2, 0) is 22.7 Å². The van der Waals surface area contributed by atoms with Crippen molar-refractivity contribution in [1.29, 1.82) is 0 Å². The first-order valence-electron chi connectivity index (χ1n) is 13.8. The molecule has 0 radical (unpaired) electrons. The van der Waals surface area contributed by atoms with Crippen molar-refractivity contribution in [3.63, 3.8) is 0 Å². The molecule has 0 spiro atoms. The molecule has 0 atom stereocenters. The number of benzene rings is 2. The first-order chi connectivity index (χ1) is 18.1. The van der Waals surface area contributed by atoms with Crippen LogP contribution in [0.25, 0.3) is 11.3 Å². The minimum atomic E-state index is -0.164. The molecule has 2 N–H and O–H groups in total. The molecule has 2 amide bonds. The van der Waals surface area contributed by atoms with Gasteiger partial charge >= 0.3 is 0 Å². The fourth-order valence-corrected chi connectivity index (χ4v) is 7.43. The van der Waals surface area contributed by atoms with Crippen LogP contribution in [0.4, 0.5) is 0 Å². The molecule has 3 aromatic rings. The Kier molecular flexibility index (Phi) is 6.58. The number of nitrogens with zero attached hydrogens (tertiary/aromatic N) is 2. The van der Waals surface area contributed by atoms with Crippen LogP contribution in [0.2, 0.25) is 0 Å². The molecule has 4 aliphatic rings. The van der Waals surface area contributed by atoms with Crippen molar-refractivity contribution in [2.45, 2.75) is 58.0 Å². The van der Waals surface area contributed by atoms with Crippen molar-refractivity contribution in [2.24, 2.45) is 23.2 Å². The van der Waals surface area contributed by atoms with Crippen LogP contribution in [0.5, 0.6) is 0 Å². The molecule has 1 aromatic heterocycles. The molecule has 7 rings (SSSR count). The van der Waals surface area contributed by atoms with Crippen LogP contribution in [0.15, 0.2) is 66.9 Å². The highest BCUT2D eigenvalue weighted by molar-refractivity contribution is 5.84. The van der Waals surface area contributed by atoms with E-state index in [4.69, 9.17) is 5.10 Å². The van der Waals surface area contributed by atoms with Crippen LogP contribution in [0, 0.1) is 23.2 Å². The van der Waals surface area contributed by atoms with Crippen molar-refractivity contribution in [3.05, 3.63) is 78.0 Å². The third-order valence-electron chi connectivity index (χ3n) is 8.71. The Bertz CT molecular complexity index is 1220. The molecule has 6 nitrogen and oxygen atoms in total. The van der Waals surface area contributed by atoms with E-state index in [-0.39, 0.29) is 23.7 Å². The standard InChI is InChI=1S/C31H36N4O2/c36-28(11-12-32-30(37)31-16-23-13-24(17-31)15-25(14-23)18-31)33-19-27-21-35(20-22-7-3-1-4-8-22)34-29(27)26-9-5-2-6-10-26/h1-10,21,23-25H,11-20H2,(H,32,37)(H,33,36). The second-order valence-electron chi connectivity index (χ2n) is 11.5. The fourth-order valence-electron chi connectivity index (χ4n) is 7.43. The lowest BCUT2D eigenvalue weighted by Gasteiger charge is -2.55. The molecule has 0 aliphatic heterocycles. The molecular formula is C31H36N4O2. The van der Waals surface area contributed by atoms with Gasteiger partial charge in [-0.05, 0) is 61.8 Å². The van der Waals surface area contributed by atoms with E-state index < -0.39 is 0 Å². The van der Waals surface area contributed by atoms with Gasteiger partial charge in [-0.25, -0.2) is 0 Å². The Morgan fingerprint density at radius 3 is 2.14 bits per heavy atom. The van der Waals surface area contributed by atoms with E-state index in [0.717, 1.165) is 53.8 Å². The van der Waals surface area contributed by atoms with Gasteiger partial charge in [-0.3, -0.25) is 14.3 Å². The lowest BCUT2D eigenvalue weighted by Crippen LogP contribution is -2.53. The maximum atomic E-state index is 13.2. The quantitative estimate of drug-likeness (QED) is 0.441. The molecule has 1 heterocycles. The first-order valence-corrected chi connectivity index (χ1v) is 13.8. The summed E-state index contributed by atoms with van der Waals surface area (Å²) in [6, 6.07) is 20.3. The number of carbonyl (C=O) groups excluding carboxylic acids is 2. The van der Waals surface area contributed by atoms with Gasteiger partial charge in [0, 0.05) is 42.2 Å². The van der Waals surface area contributed by atoms with Gasteiger partial charge in [-0.2, -0.15) is 5.10 Å². The number of rotatable bonds is 9. The zero-order chi connectivity index (χ0) is 25.2. The van der Waals surface area contributed by atoms with E-state index in [1.54, 1.807) is 0 Å². The fraction of sp³-hybridized carbons (Fsp3) is 0.452. The van der Waals surface area contributed by atoms with E-state index in [0.29, 0.717) is 19.6 Å². The minimum absolute atomic E-state index is 0.0550. The monoisotopic (exact) mass is 496 g/mol. The highest BCUT2D eigenvalue weighted by Gasteiger charge is 2.54. The maximum Gasteiger partial charge on any atom is 0.226 e. The van der Waals surface area contributed by atoms with Crippen LogP contribution >= 0.6 is 0 Å². The van der Waals surface area contributed by atoms with Crippen LogP contribution < -0.4 is 10.6 Å². The Morgan fingerprint density at radius 1 is 0.865 bits per heavy atom. The molecule has 4 aliphatic carbocycles. The number of nitrogens with one attached hydrogen (secondary N) is 2. The normalized spacial score (nSPS) is 25.7. The van der Waals surface area contributed by atoms with Gasteiger partial charge in [0.05, 0.1) is 12.2 Å². The molecule has 6 heteroatoms. The van der Waals surface area contributed by atoms with Gasteiger partial charge in [0.2, 0.25) is 11.8 Å². The number of hydrogen-bond acceptors (Lipinski definition) is 3. The van der Waals surface area contributed by atoms with E-state index in [2.05, 4.69) is 22.8 Å². The van der Waals surface area contributed by atoms with Crippen LogP contribution in [0.1, 0.15) is 56.1 Å². The summed E-state index contributed by atoms with van der Waals surface area (Å²) >= 11 is 0. The summed E-state index contributed by atoms with van der Waals surface area (Å²) in [6.45, 7) is 1.47. The Hall–Kier alpha value is -3.41. The Labute approximate surface area is 218 Å². The first kappa shape index (κ1) is 24.0. The smallest absolute Gasteiger partial charge is 0.226 e. The van der Waals surface area contributed by atoms with Gasteiger partial charge in [0.15, 0.2) is 0 Å². The third kappa shape index (κ3) is 5.20. The zero-order valence-corrected chi connectivity index (χ0v) is 21.4. The summed E-state index contributed by atoms with van der Waals surface area (Å²) in [5, 5.41) is 11.0. The number of hydrogen-bond donors (Lipinski definition) is 2. The minimum Gasteiger partial charge on any atom is -0.355 e. The number of carbonyl (C=O) groups is 2. The van der Waals surface area contributed by atoms with Crippen molar-refractivity contribution >= 4 is 11.8 Å². The van der Waals surface area contributed by atoms with Crippen molar-refractivity contribution in [2.75, 3.05) is 6.54 Å². The molecule has 4 fully saturated rings. The van der Waals surface area contributed by atoms with Gasteiger partial charge in [-0.15, -0.1) is 0 Å². The SMILES string of the molecule is O=C(CCNC(=O)C12CC3CC(CC(C3)C1)C2)NCc1cn(Cc2ccccc2)nc1-c1ccccc1.